The summed E-state index contributed by atoms with van der Waals surface area (Å²) in [6.07, 6.45) is 0. The van der Waals surface area contributed by atoms with Gasteiger partial charge in [-0.1, -0.05) is 42.5 Å². The molecule has 1 aliphatic heterocycles. The number of sulfone groups is 1. The number of hydrogen-bond donors (Lipinski definition) is 0. The van der Waals surface area contributed by atoms with Gasteiger partial charge >= 0.3 is 11.4 Å². The molecule has 2 unspecified atom stereocenters. The molecule has 0 radical (unpaired) electrons. The first-order valence-corrected chi connectivity index (χ1v) is 10.1. The molecule has 1 heterocycles. The Kier molecular flexibility index (Phi) is 4.10. The molecular formula is C18H12O6S2. The first-order valence-electron chi connectivity index (χ1n) is 7.60. The third-order valence-electron chi connectivity index (χ3n) is 4.01. The molecule has 3 aromatic rings. The van der Waals surface area contributed by atoms with Crippen LogP contribution >= 0.6 is 0 Å². The summed E-state index contributed by atoms with van der Waals surface area (Å²) in [5, 5.41) is 1.83. The van der Waals surface area contributed by atoms with Crippen molar-refractivity contribution in [1.29, 1.82) is 0 Å². The molecule has 0 spiro atoms. The number of fused-ring (bicyclic) bond motifs is 2. The Morgan fingerprint density at radius 1 is 0.885 bits per heavy atom. The monoisotopic (exact) mass is 388 g/mol. The van der Waals surface area contributed by atoms with Crippen LogP contribution in [0.5, 0.6) is 5.75 Å². The van der Waals surface area contributed by atoms with Crippen LogP contribution in [-0.2, 0) is 25.4 Å². The van der Waals surface area contributed by atoms with E-state index in [0.717, 1.165) is 10.8 Å². The maximum Gasteiger partial charge on any atom is 0.361 e. The van der Waals surface area contributed by atoms with Crippen molar-refractivity contribution >= 4 is 37.8 Å². The van der Waals surface area contributed by atoms with Crippen LogP contribution in [0.15, 0.2) is 71.6 Å². The van der Waals surface area contributed by atoms with E-state index in [1.165, 1.54) is 18.2 Å². The van der Waals surface area contributed by atoms with Gasteiger partial charge in [-0.05, 0) is 35.0 Å². The molecule has 0 aliphatic carbocycles. The molecule has 1 aliphatic rings. The van der Waals surface area contributed by atoms with E-state index in [9.17, 15) is 17.4 Å². The van der Waals surface area contributed by atoms with Crippen LogP contribution in [0.2, 0.25) is 0 Å². The molecular weight excluding hydrogens is 376 g/mol. The quantitative estimate of drug-likeness (QED) is 0.683. The third-order valence-corrected chi connectivity index (χ3v) is 6.65. The predicted molar refractivity (Wildman–Crippen MR) is 95.5 cm³/mol. The lowest BCUT2D eigenvalue weighted by Crippen LogP contribution is -2.28. The van der Waals surface area contributed by atoms with Crippen molar-refractivity contribution in [3.05, 3.63) is 72.3 Å². The van der Waals surface area contributed by atoms with Gasteiger partial charge in [-0.15, -0.1) is 0 Å². The number of carbonyl (C=O) groups is 1. The Bertz CT molecular complexity index is 1150. The highest BCUT2D eigenvalue weighted by Crippen LogP contribution is 2.32. The summed E-state index contributed by atoms with van der Waals surface area (Å²) in [5.74, 6) is -0.515. The van der Waals surface area contributed by atoms with E-state index >= 15 is 0 Å². The Balaban J connectivity index is 1.56. The highest BCUT2D eigenvalue weighted by Gasteiger charge is 2.46. The van der Waals surface area contributed by atoms with Crippen molar-refractivity contribution in [3.8, 4) is 5.75 Å². The molecule has 0 N–H and O–H groups in total. The summed E-state index contributed by atoms with van der Waals surface area (Å²) in [6, 6.07) is 18.3. The SMILES string of the molecule is O=C1c2ccccc2S(=O)(=O)C1OS(=O)Oc1ccc2ccccc2c1. The first-order chi connectivity index (χ1) is 12.5. The van der Waals surface area contributed by atoms with Gasteiger partial charge in [0, 0.05) is 5.56 Å². The zero-order valence-electron chi connectivity index (χ0n) is 13.2. The van der Waals surface area contributed by atoms with E-state index in [1.54, 1.807) is 24.3 Å². The molecule has 0 amide bonds. The fraction of sp³-hybridized carbons (Fsp3) is 0.0556. The standard InChI is InChI=1S/C18H12O6S2/c19-17-15-7-3-4-8-16(15)26(21,22)18(17)24-25(20)23-14-10-9-12-5-1-2-6-13(12)11-14/h1-11,18H. The molecule has 0 fully saturated rings. The van der Waals surface area contributed by atoms with Crippen molar-refractivity contribution in [1.82, 2.24) is 0 Å². The molecule has 0 bridgehead atoms. The minimum atomic E-state index is -4.06. The molecule has 132 valence electrons. The van der Waals surface area contributed by atoms with Crippen LogP contribution in [-0.4, -0.2) is 23.8 Å². The van der Waals surface area contributed by atoms with Gasteiger partial charge in [0.2, 0.25) is 21.1 Å². The Hall–Kier alpha value is -2.55. The lowest BCUT2D eigenvalue weighted by atomic mass is 10.1. The number of Topliss-reactive ketones (excluding diaryl/α,β-unsaturated/α-hetero) is 1. The molecule has 0 aromatic heterocycles. The van der Waals surface area contributed by atoms with Gasteiger partial charge in [-0.3, -0.25) is 4.79 Å². The van der Waals surface area contributed by atoms with Crippen LogP contribution < -0.4 is 4.18 Å². The minimum Gasteiger partial charge on any atom is -0.380 e. The van der Waals surface area contributed by atoms with Gasteiger partial charge < -0.3 is 4.18 Å². The second-order valence-corrected chi connectivity index (χ2v) is 8.36. The van der Waals surface area contributed by atoms with Crippen LogP contribution in [0.1, 0.15) is 10.4 Å². The molecule has 26 heavy (non-hydrogen) atoms. The molecule has 4 rings (SSSR count). The number of rotatable bonds is 4. The van der Waals surface area contributed by atoms with Crippen molar-refractivity contribution in [2.24, 2.45) is 0 Å². The van der Waals surface area contributed by atoms with Crippen LogP contribution in [0.3, 0.4) is 0 Å². The Labute approximate surface area is 152 Å². The van der Waals surface area contributed by atoms with E-state index in [1.807, 2.05) is 24.3 Å². The van der Waals surface area contributed by atoms with Gasteiger partial charge in [0.05, 0.1) is 4.90 Å². The van der Waals surface area contributed by atoms with E-state index in [4.69, 9.17) is 8.37 Å². The van der Waals surface area contributed by atoms with Gasteiger partial charge in [-0.25, -0.2) is 12.6 Å². The lowest BCUT2D eigenvalue weighted by molar-refractivity contribution is 0.0895. The highest BCUT2D eigenvalue weighted by molar-refractivity contribution is 7.93. The second kappa shape index (κ2) is 6.31. The predicted octanol–water partition coefficient (Wildman–Crippen LogP) is 2.81. The average Bonchev–Trinajstić information content (AvgIpc) is 2.83. The summed E-state index contributed by atoms with van der Waals surface area (Å²) in [4.78, 5) is 12.2. The smallest absolute Gasteiger partial charge is 0.361 e. The fourth-order valence-corrected chi connectivity index (χ4v) is 5.30. The Morgan fingerprint density at radius 3 is 2.35 bits per heavy atom. The van der Waals surface area contributed by atoms with Crippen LogP contribution in [0.4, 0.5) is 0 Å². The Morgan fingerprint density at radius 2 is 1.58 bits per heavy atom. The first kappa shape index (κ1) is 16.9. The number of hydrogen-bond acceptors (Lipinski definition) is 6. The number of carbonyl (C=O) groups excluding carboxylic acids is 1. The largest absolute Gasteiger partial charge is 0.380 e. The molecule has 3 aromatic carbocycles. The number of ketones is 1. The zero-order chi connectivity index (χ0) is 18.3. The van der Waals surface area contributed by atoms with Gasteiger partial charge in [-0.2, -0.15) is 4.21 Å². The maximum absolute atomic E-state index is 12.4. The number of benzene rings is 3. The zero-order valence-corrected chi connectivity index (χ0v) is 14.8. The minimum absolute atomic E-state index is 0.0280. The summed E-state index contributed by atoms with van der Waals surface area (Å²) in [6.45, 7) is 0. The molecule has 0 saturated carbocycles. The van der Waals surface area contributed by atoms with E-state index in [0.29, 0.717) is 0 Å². The van der Waals surface area contributed by atoms with Crippen molar-refractivity contribution < 1.29 is 25.8 Å². The van der Waals surface area contributed by atoms with Crippen molar-refractivity contribution in [2.75, 3.05) is 0 Å². The fourth-order valence-electron chi connectivity index (χ4n) is 2.79. The summed E-state index contributed by atoms with van der Waals surface area (Å²) < 4.78 is 47.1. The lowest BCUT2D eigenvalue weighted by Gasteiger charge is -2.10. The average molecular weight is 388 g/mol. The van der Waals surface area contributed by atoms with E-state index < -0.39 is 32.4 Å². The summed E-state index contributed by atoms with van der Waals surface area (Å²) in [5.41, 5.74) is -1.85. The van der Waals surface area contributed by atoms with Gasteiger partial charge in [0.25, 0.3) is 0 Å². The summed E-state index contributed by atoms with van der Waals surface area (Å²) in [7, 11) is -4.06. The van der Waals surface area contributed by atoms with Gasteiger partial charge in [0.1, 0.15) is 5.75 Å². The molecule has 2 atom stereocenters. The normalized spacial score (nSPS) is 19.2. The van der Waals surface area contributed by atoms with Crippen molar-refractivity contribution in [2.45, 2.75) is 10.3 Å². The molecule has 8 heteroatoms. The van der Waals surface area contributed by atoms with E-state index in [2.05, 4.69) is 0 Å². The molecule has 6 nitrogen and oxygen atoms in total. The van der Waals surface area contributed by atoms with Crippen molar-refractivity contribution in [3.63, 3.8) is 0 Å². The topological polar surface area (TPSA) is 86.7 Å². The van der Waals surface area contributed by atoms with Crippen LogP contribution in [0.25, 0.3) is 10.8 Å². The van der Waals surface area contributed by atoms with Gasteiger partial charge in [0.15, 0.2) is 0 Å². The second-order valence-electron chi connectivity index (χ2n) is 5.63. The van der Waals surface area contributed by atoms with E-state index in [-0.39, 0.29) is 16.2 Å². The maximum atomic E-state index is 12.4. The highest BCUT2D eigenvalue weighted by atomic mass is 32.2. The summed E-state index contributed by atoms with van der Waals surface area (Å²) >= 11 is -2.46. The molecule has 0 saturated heterocycles. The third kappa shape index (κ3) is 2.82. The van der Waals surface area contributed by atoms with Crippen LogP contribution in [0, 0.1) is 0 Å².